The Labute approximate surface area is 160 Å². The molecule has 1 amide bonds. The summed E-state index contributed by atoms with van der Waals surface area (Å²) in [5, 5.41) is 6.18. The third-order valence-electron chi connectivity index (χ3n) is 3.96. The highest BCUT2D eigenvalue weighted by Gasteiger charge is 2.26. The van der Waals surface area contributed by atoms with Gasteiger partial charge in [0, 0.05) is 12.6 Å². The smallest absolute Gasteiger partial charge is 0.241 e. The minimum Gasteiger partial charge on any atom is -0.353 e. The van der Waals surface area contributed by atoms with Crippen LogP contribution in [-0.2, 0) is 14.8 Å². The molecule has 1 heterocycles. The summed E-state index contributed by atoms with van der Waals surface area (Å²) < 4.78 is 27.5. The number of hydrogen-bond acceptors (Lipinski definition) is 5. The first-order valence-corrected chi connectivity index (χ1v) is 11.0. The van der Waals surface area contributed by atoms with Crippen LogP contribution in [-0.4, -0.2) is 51.5 Å². The molecule has 0 bridgehead atoms. The molecular weight excluding hydrogens is 382 g/mol. The third kappa shape index (κ3) is 7.15. The van der Waals surface area contributed by atoms with Gasteiger partial charge >= 0.3 is 0 Å². The summed E-state index contributed by atoms with van der Waals surface area (Å²) >= 11 is 1.59. The van der Waals surface area contributed by atoms with Crippen molar-refractivity contribution in [1.82, 2.24) is 15.4 Å². The summed E-state index contributed by atoms with van der Waals surface area (Å²) in [5.74, 6) is 0.439. The number of halogens is 1. The molecule has 25 heavy (non-hydrogen) atoms. The van der Waals surface area contributed by atoms with Crippen LogP contribution >= 0.6 is 24.2 Å². The SMILES string of the molecule is CSCCC(NS(=O)(=O)c1ccccc1)C(=O)NCC1CCCN1.Cl. The van der Waals surface area contributed by atoms with Crippen molar-refractivity contribution >= 4 is 40.1 Å². The maximum Gasteiger partial charge on any atom is 0.241 e. The van der Waals surface area contributed by atoms with E-state index in [9.17, 15) is 13.2 Å². The van der Waals surface area contributed by atoms with E-state index >= 15 is 0 Å². The summed E-state index contributed by atoms with van der Waals surface area (Å²) in [6, 6.07) is 7.65. The van der Waals surface area contributed by atoms with Gasteiger partial charge in [0.2, 0.25) is 15.9 Å². The lowest BCUT2D eigenvalue weighted by Gasteiger charge is -2.19. The monoisotopic (exact) mass is 407 g/mol. The number of nitrogens with one attached hydrogen (secondary N) is 3. The Morgan fingerprint density at radius 1 is 1.36 bits per heavy atom. The Balaban J connectivity index is 0.00000312. The molecule has 0 saturated carbocycles. The molecule has 1 aliphatic rings. The fourth-order valence-corrected chi connectivity index (χ4v) is 4.33. The van der Waals surface area contributed by atoms with Crippen LogP contribution in [0.25, 0.3) is 0 Å². The van der Waals surface area contributed by atoms with Gasteiger partial charge in [0.15, 0.2) is 0 Å². The van der Waals surface area contributed by atoms with E-state index in [-0.39, 0.29) is 29.3 Å². The van der Waals surface area contributed by atoms with Crippen molar-refractivity contribution < 1.29 is 13.2 Å². The molecule has 3 N–H and O–H groups in total. The van der Waals surface area contributed by atoms with Gasteiger partial charge in [-0.15, -0.1) is 12.4 Å². The predicted molar refractivity (Wildman–Crippen MR) is 105 cm³/mol. The predicted octanol–water partition coefficient (Wildman–Crippen LogP) is 1.38. The molecule has 1 aromatic rings. The zero-order valence-corrected chi connectivity index (χ0v) is 16.7. The van der Waals surface area contributed by atoms with Crippen LogP contribution in [0, 0.1) is 0 Å². The van der Waals surface area contributed by atoms with Crippen molar-refractivity contribution in [1.29, 1.82) is 0 Å². The van der Waals surface area contributed by atoms with Gasteiger partial charge in [-0.25, -0.2) is 8.42 Å². The summed E-state index contributed by atoms with van der Waals surface area (Å²) in [5.41, 5.74) is 0. The normalized spacial score (nSPS) is 18.4. The molecule has 1 saturated heterocycles. The third-order valence-corrected chi connectivity index (χ3v) is 6.09. The average Bonchev–Trinajstić information content (AvgIpc) is 3.10. The highest BCUT2D eigenvalue weighted by atomic mass is 35.5. The van der Waals surface area contributed by atoms with Gasteiger partial charge in [-0.05, 0) is 49.9 Å². The molecule has 2 atom stereocenters. The van der Waals surface area contributed by atoms with Crippen molar-refractivity contribution in [3.63, 3.8) is 0 Å². The number of rotatable bonds is 9. The first-order valence-electron chi connectivity index (χ1n) is 8.10. The van der Waals surface area contributed by atoms with Crippen molar-refractivity contribution in [2.75, 3.05) is 25.1 Å². The molecule has 0 spiro atoms. The Morgan fingerprint density at radius 2 is 2.08 bits per heavy atom. The lowest BCUT2D eigenvalue weighted by atomic mass is 10.2. The molecule has 6 nitrogen and oxygen atoms in total. The van der Waals surface area contributed by atoms with Crippen molar-refractivity contribution in [2.45, 2.75) is 36.2 Å². The van der Waals surface area contributed by atoms with Crippen LogP contribution in [0.5, 0.6) is 0 Å². The zero-order chi connectivity index (χ0) is 17.4. The minimum absolute atomic E-state index is 0. The summed E-state index contributed by atoms with van der Waals surface area (Å²) in [4.78, 5) is 12.6. The quantitative estimate of drug-likeness (QED) is 0.575. The molecule has 0 aliphatic carbocycles. The average molecular weight is 408 g/mol. The molecule has 1 fully saturated rings. The molecule has 1 aromatic carbocycles. The number of hydrogen-bond donors (Lipinski definition) is 3. The summed E-state index contributed by atoms with van der Waals surface area (Å²) in [6.45, 7) is 1.50. The van der Waals surface area contributed by atoms with E-state index in [1.54, 1.807) is 30.0 Å². The van der Waals surface area contributed by atoms with Crippen molar-refractivity contribution in [3.05, 3.63) is 30.3 Å². The topological polar surface area (TPSA) is 87.3 Å². The van der Waals surface area contributed by atoms with Crippen LogP contribution in [0.2, 0.25) is 0 Å². The van der Waals surface area contributed by atoms with Crippen LogP contribution in [0.1, 0.15) is 19.3 Å². The Hall–Kier alpha value is -0.800. The van der Waals surface area contributed by atoms with E-state index in [2.05, 4.69) is 15.4 Å². The van der Waals surface area contributed by atoms with Gasteiger partial charge in [0.25, 0.3) is 0 Å². The molecule has 0 aromatic heterocycles. The van der Waals surface area contributed by atoms with Crippen molar-refractivity contribution in [2.24, 2.45) is 0 Å². The number of amides is 1. The Bertz CT molecular complexity index is 623. The van der Waals surface area contributed by atoms with E-state index < -0.39 is 16.1 Å². The molecule has 9 heteroatoms. The number of sulfonamides is 1. The summed E-state index contributed by atoms with van der Waals surface area (Å²) in [7, 11) is -3.71. The second-order valence-corrected chi connectivity index (χ2v) is 8.51. The first kappa shape index (κ1) is 22.2. The van der Waals surface area contributed by atoms with E-state index in [1.807, 2.05) is 6.26 Å². The second-order valence-electron chi connectivity index (χ2n) is 5.81. The fourth-order valence-electron chi connectivity index (χ4n) is 2.61. The lowest BCUT2D eigenvalue weighted by molar-refractivity contribution is -0.122. The lowest BCUT2D eigenvalue weighted by Crippen LogP contribution is -2.49. The number of thioether (sulfide) groups is 1. The zero-order valence-electron chi connectivity index (χ0n) is 14.2. The molecule has 0 radical (unpaired) electrons. The molecule has 2 rings (SSSR count). The van der Waals surface area contributed by atoms with Gasteiger partial charge in [-0.3, -0.25) is 4.79 Å². The maximum atomic E-state index is 12.5. The van der Waals surface area contributed by atoms with Crippen LogP contribution in [0.3, 0.4) is 0 Å². The van der Waals surface area contributed by atoms with Gasteiger partial charge in [0.05, 0.1) is 4.90 Å². The number of carbonyl (C=O) groups excluding carboxylic acids is 1. The van der Waals surface area contributed by atoms with E-state index in [1.165, 1.54) is 12.1 Å². The van der Waals surface area contributed by atoms with E-state index in [4.69, 9.17) is 0 Å². The molecular formula is C16H26ClN3O3S2. The van der Waals surface area contributed by atoms with Crippen LogP contribution in [0.15, 0.2) is 35.2 Å². The number of carbonyl (C=O) groups is 1. The van der Waals surface area contributed by atoms with Gasteiger partial charge in [0.1, 0.15) is 6.04 Å². The van der Waals surface area contributed by atoms with E-state index in [0.29, 0.717) is 18.7 Å². The van der Waals surface area contributed by atoms with Crippen LogP contribution < -0.4 is 15.4 Å². The number of benzene rings is 1. The van der Waals surface area contributed by atoms with Crippen molar-refractivity contribution in [3.8, 4) is 0 Å². The Kier molecular flexibility index (Phi) is 9.81. The molecule has 142 valence electrons. The largest absolute Gasteiger partial charge is 0.353 e. The highest BCUT2D eigenvalue weighted by Crippen LogP contribution is 2.11. The highest BCUT2D eigenvalue weighted by molar-refractivity contribution is 7.98. The minimum atomic E-state index is -3.71. The molecule has 2 unspecified atom stereocenters. The first-order chi connectivity index (χ1) is 11.5. The standard InChI is InChI=1S/C16H25N3O3S2.ClH/c1-23-11-9-15(16(20)18-12-13-6-5-10-17-13)19-24(21,22)14-7-3-2-4-8-14;/h2-4,7-8,13,15,17,19H,5-6,9-12H2,1H3,(H,18,20);1H. The van der Waals surface area contributed by atoms with Crippen LogP contribution in [0.4, 0.5) is 0 Å². The maximum absolute atomic E-state index is 12.5. The summed E-state index contributed by atoms with van der Waals surface area (Å²) in [6.07, 6.45) is 4.53. The Morgan fingerprint density at radius 3 is 2.68 bits per heavy atom. The van der Waals surface area contributed by atoms with E-state index in [0.717, 1.165) is 19.4 Å². The van der Waals surface area contributed by atoms with Gasteiger partial charge in [-0.2, -0.15) is 16.5 Å². The second kappa shape index (κ2) is 11.0. The molecule has 1 aliphatic heterocycles. The van der Waals surface area contributed by atoms with Gasteiger partial charge in [-0.1, -0.05) is 18.2 Å². The fraction of sp³-hybridized carbons (Fsp3) is 0.562. The van der Waals surface area contributed by atoms with Gasteiger partial charge < -0.3 is 10.6 Å².